The Labute approximate surface area is 143 Å². The maximum atomic E-state index is 6.26. The highest BCUT2D eigenvalue weighted by molar-refractivity contribution is 5.82. The Morgan fingerprint density at radius 2 is 1.21 bits per heavy atom. The van der Waals surface area contributed by atoms with E-state index in [0.29, 0.717) is 0 Å². The summed E-state index contributed by atoms with van der Waals surface area (Å²) in [7, 11) is 0. The Bertz CT molecular complexity index is 800. The van der Waals surface area contributed by atoms with Crippen LogP contribution in [0.3, 0.4) is 0 Å². The highest BCUT2D eigenvalue weighted by atomic mass is 14.7. The molecule has 4 N–H and O–H groups in total. The largest absolute Gasteiger partial charge is 0.399 e. The molecule has 4 rings (SSSR count). The van der Waals surface area contributed by atoms with Crippen LogP contribution in [0.5, 0.6) is 0 Å². The lowest BCUT2D eigenvalue weighted by atomic mass is 9.84. The van der Waals surface area contributed by atoms with Gasteiger partial charge in [0.2, 0.25) is 0 Å². The second kappa shape index (κ2) is 7.16. The normalized spacial score (nSPS) is 19.3. The van der Waals surface area contributed by atoms with Gasteiger partial charge in [-0.15, -0.1) is 0 Å². The van der Waals surface area contributed by atoms with Crippen molar-refractivity contribution in [2.75, 3.05) is 0 Å². The molecular formula is C22H22N2. The van der Waals surface area contributed by atoms with Crippen LogP contribution in [-0.4, -0.2) is 0 Å². The second-order valence-corrected chi connectivity index (χ2v) is 6.00. The molecule has 1 aliphatic carbocycles. The average molecular weight is 314 g/mol. The van der Waals surface area contributed by atoms with Crippen molar-refractivity contribution in [2.45, 2.75) is 12.0 Å². The third-order valence-electron chi connectivity index (χ3n) is 4.22. The molecule has 2 heteroatoms. The molecule has 0 saturated carbocycles. The molecule has 0 radical (unpaired) electrons. The maximum absolute atomic E-state index is 6.26. The molecule has 0 bridgehead atoms. The summed E-state index contributed by atoms with van der Waals surface area (Å²) in [4.78, 5) is 0. The summed E-state index contributed by atoms with van der Waals surface area (Å²) in [5.41, 5.74) is 13.4. The van der Waals surface area contributed by atoms with Crippen LogP contribution in [-0.2, 0) is 5.54 Å². The van der Waals surface area contributed by atoms with Gasteiger partial charge in [-0.05, 0) is 28.8 Å². The molecule has 0 fully saturated rings. The topological polar surface area (TPSA) is 52.0 Å². The van der Waals surface area contributed by atoms with E-state index in [9.17, 15) is 0 Å². The number of benzene rings is 3. The Morgan fingerprint density at radius 3 is 1.67 bits per heavy atom. The Balaban J connectivity index is 0.000000149. The lowest BCUT2D eigenvalue weighted by Crippen LogP contribution is -2.35. The monoisotopic (exact) mass is 314 g/mol. The number of allylic oxidation sites excluding steroid dienone is 1. The van der Waals surface area contributed by atoms with Crippen LogP contribution < -0.4 is 11.5 Å². The van der Waals surface area contributed by atoms with Gasteiger partial charge in [0.1, 0.15) is 0 Å². The zero-order valence-corrected chi connectivity index (χ0v) is 13.6. The van der Waals surface area contributed by atoms with Crippen LogP contribution in [0.1, 0.15) is 12.0 Å². The van der Waals surface area contributed by atoms with Crippen molar-refractivity contribution in [3.63, 3.8) is 0 Å². The van der Waals surface area contributed by atoms with Gasteiger partial charge in [-0.1, -0.05) is 91.0 Å². The minimum atomic E-state index is -0.385. The minimum Gasteiger partial charge on any atom is -0.399 e. The second-order valence-electron chi connectivity index (χ2n) is 6.00. The van der Waals surface area contributed by atoms with E-state index >= 15 is 0 Å². The first-order valence-electron chi connectivity index (χ1n) is 8.10. The summed E-state index contributed by atoms with van der Waals surface area (Å²) in [5, 5.41) is 2.62. The average Bonchev–Trinajstić information content (AvgIpc) is 2.66. The van der Waals surface area contributed by atoms with Gasteiger partial charge in [0.15, 0.2) is 0 Å². The quantitative estimate of drug-likeness (QED) is 0.695. The van der Waals surface area contributed by atoms with Gasteiger partial charge < -0.3 is 11.5 Å². The van der Waals surface area contributed by atoms with Crippen molar-refractivity contribution < 1.29 is 0 Å². The Morgan fingerprint density at radius 1 is 0.708 bits per heavy atom. The highest BCUT2D eigenvalue weighted by Crippen LogP contribution is 2.27. The molecule has 120 valence electrons. The highest BCUT2D eigenvalue weighted by Gasteiger charge is 2.24. The number of nitrogens with two attached hydrogens (primary N) is 2. The summed E-state index contributed by atoms with van der Waals surface area (Å²) in [6, 6.07) is 26.8. The van der Waals surface area contributed by atoms with Gasteiger partial charge in [-0.2, -0.15) is 0 Å². The Hall–Kier alpha value is -2.84. The molecular weight excluding hydrogens is 292 g/mol. The van der Waals surface area contributed by atoms with E-state index in [0.717, 1.165) is 17.7 Å². The molecule has 0 spiro atoms. The standard InChI is InChI=1S/C12H14N2.C10H8/c13-11-6-8-12(14,9-7-11)10-4-2-1-3-5-10;1-2-6-10-8-4-3-7-9(10)5-1/h1-8H,9,13-14H2;1-8H. The lowest BCUT2D eigenvalue weighted by Gasteiger charge is -2.27. The predicted octanol–water partition coefficient (Wildman–Crippen LogP) is 4.48. The number of hydrogen-bond acceptors (Lipinski definition) is 2. The van der Waals surface area contributed by atoms with E-state index < -0.39 is 0 Å². The van der Waals surface area contributed by atoms with Crippen molar-refractivity contribution in [1.82, 2.24) is 0 Å². The van der Waals surface area contributed by atoms with Crippen LogP contribution in [0.4, 0.5) is 0 Å². The van der Waals surface area contributed by atoms with E-state index in [-0.39, 0.29) is 5.54 Å². The number of rotatable bonds is 1. The van der Waals surface area contributed by atoms with Crippen LogP contribution in [0.15, 0.2) is 103 Å². The van der Waals surface area contributed by atoms with Crippen LogP contribution in [0, 0.1) is 0 Å². The van der Waals surface area contributed by atoms with Crippen molar-refractivity contribution in [3.8, 4) is 0 Å². The van der Waals surface area contributed by atoms with E-state index in [4.69, 9.17) is 11.5 Å². The summed E-state index contributed by atoms with van der Waals surface area (Å²) < 4.78 is 0. The van der Waals surface area contributed by atoms with Crippen molar-refractivity contribution in [2.24, 2.45) is 11.5 Å². The summed E-state index contributed by atoms with van der Waals surface area (Å²) >= 11 is 0. The minimum absolute atomic E-state index is 0.385. The smallest absolute Gasteiger partial charge is 0.0634 e. The predicted molar refractivity (Wildman–Crippen MR) is 102 cm³/mol. The molecule has 1 atom stereocenters. The lowest BCUT2D eigenvalue weighted by molar-refractivity contribution is 0.562. The molecule has 3 aromatic rings. The van der Waals surface area contributed by atoms with E-state index in [1.54, 1.807) is 0 Å². The molecule has 24 heavy (non-hydrogen) atoms. The first kappa shape index (κ1) is 16.0. The molecule has 0 aromatic heterocycles. The third-order valence-corrected chi connectivity index (χ3v) is 4.22. The van der Waals surface area contributed by atoms with Crippen LogP contribution >= 0.6 is 0 Å². The van der Waals surface area contributed by atoms with Gasteiger partial charge >= 0.3 is 0 Å². The van der Waals surface area contributed by atoms with Gasteiger partial charge in [0.05, 0.1) is 5.54 Å². The van der Waals surface area contributed by atoms with Crippen molar-refractivity contribution in [1.29, 1.82) is 0 Å². The molecule has 2 nitrogen and oxygen atoms in total. The van der Waals surface area contributed by atoms with Crippen molar-refractivity contribution >= 4 is 10.8 Å². The van der Waals surface area contributed by atoms with Crippen molar-refractivity contribution in [3.05, 3.63) is 108 Å². The van der Waals surface area contributed by atoms with Crippen LogP contribution in [0.2, 0.25) is 0 Å². The van der Waals surface area contributed by atoms with Gasteiger partial charge in [-0.25, -0.2) is 0 Å². The van der Waals surface area contributed by atoms with Gasteiger partial charge in [0, 0.05) is 5.70 Å². The summed E-state index contributed by atoms with van der Waals surface area (Å²) in [6.45, 7) is 0. The van der Waals surface area contributed by atoms with Gasteiger partial charge in [-0.3, -0.25) is 0 Å². The summed E-state index contributed by atoms with van der Waals surface area (Å²) in [6.07, 6.45) is 6.57. The fourth-order valence-electron chi connectivity index (χ4n) is 2.76. The zero-order valence-electron chi connectivity index (χ0n) is 13.6. The van der Waals surface area contributed by atoms with E-state index in [1.807, 2.05) is 48.6 Å². The first-order chi connectivity index (χ1) is 11.7. The molecule has 0 aliphatic heterocycles. The maximum Gasteiger partial charge on any atom is 0.0634 e. The third kappa shape index (κ3) is 3.73. The number of fused-ring (bicyclic) bond motifs is 1. The molecule has 0 saturated heterocycles. The fraction of sp³-hybridized carbons (Fsp3) is 0.0909. The molecule has 1 aliphatic rings. The van der Waals surface area contributed by atoms with Gasteiger partial charge in [0.25, 0.3) is 0 Å². The molecule has 1 unspecified atom stereocenters. The molecule has 3 aromatic carbocycles. The first-order valence-corrected chi connectivity index (χ1v) is 8.10. The van der Waals surface area contributed by atoms with E-state index in [1.165, 1.54) is 10.8 Å². The fourth-order valence-corrected chi connectivity index (χ4v) is 2.76. The SMILES string of the molecule is NC1=CCC(N)(c2ccccc2)C=C1.c1ccc2ccccc2c1. The number of hydrogen-bond donors (Lipinski definition) is 2. The Kier molecular flexibility index (Phi) is 4.78. The molecule has 0 heterocycles. The summed E-state index contributed by atoms with van der Waals surface area (Å²) in [5.74, 6) is 0. The molecule has 0 amide bonds. The zero-order chi connectivity index (χ0) is 16.8. The van der Waals surface area contributed by atoms with E-state index in [2.05, 4.69) is 48.5 Å². The van der Waals surface area contributed by atoms with Crippen LogP contribution in [0.25, 0.3) is 10.8 Å².